The molecular weight excluding hydrogens is 323 g/mol. The standard InChI is InChI=1S/C15H10BrFN2O/c16-12-4-2-1-3-11(12)13-14(20-19-15(13)18)9-5-7-10(17)8-6-9/h1-8H,(H2,18,19). The van der Waals surface area contributed by atoms with Crippen LogP contribution in [0.5, 0.6) is 0 Å². The smallest absolute Gasteiger partial charge is 0.176 e. The molecule has 0 saturated carbocycles. The van der Waals surface area contributed by atoms with Crippen molar-refractivity contribution in [1.29, 1.82) is 0 Å². The SMILES string of the molecule is Nc1noc(-c2ccc(F)cc2)c1-c1ccccc1Br. The van der Waals surface area contributed by atoms with Gasteiger partial charge in [-0.25, -0.2) is 4.39 Å². The van der Waals surface area contributed by atoms with Crippen LogP contribution in [0, 0.1) is 5.82 Å². The summed E-state index contributed by atoms with van der Waals surface area (Å²) < 4.78 is 19.2. The summed E-state index contributed by atoms with van der Waals surface area (Å²) in [4.78, 5) is 0. The van der Waals surface area contributed by atoms with E-state index in [9.17, 15) is 4.39 Å². The molecule has 0 fully saturated rings. The van der Waals surface area contributed by atoms with Gasteiger partial charge in [-0.3, -0.25) is 0 Å². The summed E-state index contributed by atoms with van der Waals surface area (Å²) in [5.41, 5.74) is 8.21. The van der Waals surface area contributed by atoms with Crippen LogP contribution in [0.4, 0.5) is 10.2 Å². The first-order valence-electron chi connectivity index (χ1n) is 5.93. The number of hydrogen-bond donors (Lipinski definition) is 1. The van der Waals surface area contributed by atoms with E-state index in [2.05, 4.69) is 21.1 Å². The number of anilines is 1. The van der Waals surface area contributed by atoms with Gasteiger partial charge in [0, 0.05) is 15.6 Å². The van der Waals surface area contributed by atoms with Crippen molar-refractivity contribution in [3.63, 3.8) is 0 Å². The summed E-state index contributed by atoms with van der Waals surface area (Å²) in [6, 6.07) is 13.7. The first-order chi connectivity index (χ1) is 9.66. The molecule has 20 heavy (non-hydrogen) atoms. The first kappa shape index (κ1) is 12.9. The number of aromatic nitrogens is 1. The molecule has 1 aromatic heterocycles. The second-order valence-electron chi connectivity index (χ2n) is 4.26. The average molecular weight is 333 g/mol. The Bertz CT molecular complexity index is 753. The van der Waals surface area contributed by atoms with Gasteiger partial charge >= 0.3 is 0 Å². The minimum Gasteiger partial charge on any atom is -0.380 e. The van der Waals surface area contributed by atoms with Crippen molar-refractivity contribution in [3.05, 3.63) is 58.8 Å². The lowest BCUT2D eigenvalue weighted by Gasteiger charge is -2.05. The van der Waals surface area contributed by atoms with Gasteiger partial charge in [0.2, 0.25) is 0 Å². The predicted octanol–water partition coefficient (Wildman–Crippen LogP) is 4.49. The molecule has 0 amide bonds. The van der Waals surface area contributed by atoms with Gasteiger partial charge in [-0.1, -0.05) is 39.3 Å². The number of hydrogen-bond acceptors (Lipinski definition) is 3. The van der Waals surface area contributed by atoms with Crippen LogP contribution < -0.4 is 5.73 Å². The Morgan fingerprint density at radius 1 is 1.05 bits per heavy atom. The molecule has 3 aromatic rings. The van der Waals surface area contributed by atoms with Crippen molar-refractivity contribution in [2.75, 3.05) is 5.73 Å². The Labute approximate surface area is 123 Å². The van der Waals surface area contributed by atoms with Crippen LogP contribution in [-0.4, -0.2) is 5.16 Å². The Morgan fingerprint density at radius 2 is 1.75 bits per heavy atom. The molecule has 0 saturated heterocycles. The zero-order chi connectivity index (χ0) is 14.1. The molecule has 2 aromatic carbocycles. The predicted molar refractivity (Wildman–Crippen MR) is 79.4 cm³/mol. The fourth-order valence-corrected chi connectivity index (χ4v) is 2.51. The average Bonchev–Trinajstić information content (AvgIpc) is 2.82. The lowest BCUT2D eigenvalue weighted by atomic mass is 10.0. The van der Waals surface area contributed by atoms with Crippen molar-refractivity contribution in [1.82, 2.24) is 5.16 Å². The molecule has 0 bridgehead atoms. The van der Waals surface area contributed by atoms with Crippen LogP contribution in [0.2, 0.25) is 0 Å². The highest BCUT2D eigenvalue weighted by Gasteiger charge is 2.19. The first-order valence-corrected chi connectivity index (χ1v) is 6.72. The lowest BCUT2D eigenvalue weighted by molar-refractivity contribution is 0.436. The Morgan fingerprint density at radius 3 is 2.45 bits per heavy atom. The normalized spacial score (nSPS) is 10.7. The zero-order valence-electron chi connectivity index (χ0n) is 10.3. The van der Waals surface area contributed by atoms with Gasteiger partial charge in [0.05, 0.1) is 5.56 Å². The van der Waals surface area contributed by atoms with Gasteiger partial charge in [-0.05, 0) is 30.3 Å². The van der Waals surface area contributed by atoms with Crippen molar-refractivity contribution < 1.29 is 8.91 Å². The fourth-order valence-electron chi connectivity index (χ4n) is 2.02. The maximum atomic E-state index is 13.0. The summed E-state index contributed by atoms with van der Waals surface area (Å²) in [5.74, 6) is 0.523. The highest BCUT2D eigenvalue weighted by atomic mass is 79.9. The van der Waals surface area contributed by atoms with Crippen LogP contribution in [0.15, 0.2) is 57.5 Å². The second kappa shape index (κ2) is 5.09. The van der Waals surface area contributed by atoms with Crippen LogP contribution in [0.1, 0.15) is 0 Å². The molecule has 5 heteroatoms. The summed E-state index contributed by atoms with van der Waals surface area (Å²) in [5, 5.41) is 3.82. The van der Waals surface area contributed by atoms with E-state index >= 15 is 0 Å². The second-order valence-corrected chi connectivity index (χ2v) is 5.11. The van der Waals surface area contributed by atoms with Crippen molar-refractivity contribution >= 4 is 21.7 Å². The topological polar surface area (TPSA) is 52.0 Å². The van der Waals surface area contributed by atoms with E-state index < -0.39 is 0 Å². The quantitative estimate of drug-likeness (QED) is 0.752. The van der Waals surface area contributed by atoms with Crippen LogP contribution >= 0.6 is 15.9 Å². The molecule has 2 N–H and O–H groups in total. The third-order valence-corrected chi connectivity index (χ3v) is 3.66. The molecule has 0 atom stereocenters. The Balaban J connectivity index is 2.20. The summed E-state index contributed by atoms with van der Waals surface area (Å²) >= 11 is 3.49. The van der Waals surface area contributed by atoms with Crippen molar-refractivity contribution in [3.8, 4) is 22.5 Å². The largest absolute Gasteiger partial charge is 0.380 e. The molecule has 1 heterocycles. The third kappa shape index (κ3) is 2.20. The van der Waals surface area contributed by atoms with E-state index in [4.69, 9.17) is 10.3 Å². The minimum atomic E-state index is -0.302. The van der Waals surface area contributed by atoms with E-state index in [0.29, 0.717) is 17.1 Å². The summed E-state index contributed by atoms with van der Waals surface area (Å²) in [6.45, 7) is 0. The van der Waals surface area contributed by atoms with Gasteiger partial charge in [0.15, 0.2) is 11.6 Å². The van der Waals surface area contributed by atoms with Gasteiger partial charge in [-0.2, -0.15) is 0 Å². The van der Waals surface area contributed by atoms with Crippen LogP contribution in [0.3, 0.4) is 0 Å². The van der Waals surface area contributed by atoms with E-state index in [-0.39, 0.29) is 5.82 Å². The fraction of sp³-hybridized carbons (Fsp3) is 0. The van der Waals surface area contributed by atoms with Gasteiger partial charge in [0.25, 0.3) is 0 Å². The van der Waals surface area contributed by atoms with E-state index in [1.165, 1.54) is 12.1 Å². The van der Waals surface area contributed by atoms with Crippen LogP contribution in [-0.2, 0) is 0 Å². The Hall–Kier alpha value is -2.14. The van der Waals surface area contributed by atoms with E-state index in [0.717, 1.165) is 15.6 Å². The number of nitrogen functional groups attached to an aromatic ring is 1. The summed E-state index contributed by atoms with van der Waals surface area (Å²) in [6.07, 6.45) is 0. The van der Waals surface area contributed by atoms with Gasteiger partial charge < -0.3 is 10.3 Å². The van der Waals surface area contributed by atoms with E-state index in [1.54, 1.807) is 12.1 Å². The zero-order valence-corrected chi connectivity index (χ0v) is 11.9. The number of nitrogens with zero attached hydrogens (tertiary/aromatic N) is 1. The minimum absolute atomic E-state index is 0.302. The maximum Gasteiger partial charge on any atom is 0.176 e. The Kier molecular flexibility index (Phi) is 3.28. The summed E-state index contributed by atoms with van der Waals surface area (Å²) in [7, 11) is 0. The molecule has 0 spiro atoms. The van der Waals surface area contributed by atoms with Crippen molar-refractivity contribution in [2.45, 2.75) is 0 Å². The van der Waals surface area contributed by atoms with Gasteiger partial charge in [0.1, 0.15) is 5.82 Å². The van der Waals surface area contributed by atoms with Gasteiger partial charge in [-0.15, -0.1) is 0 Å². The highest BCUT2D eigenvalue weighted by molar-refractivity contribution is 9.10. The lowest BCUT2D eigenvalue weighted by Crippen LogP contribution is -1.89. The molecule has 0 unspecified atom stereocenters. The molecule has 0 aliphatic heterocycles. The molecule has 0 radical (unpaired) electrons. The van der Waals surface area contributed by atoms with Crippen LogP contribution in [0.25, 0.3) is 22.5 Å². The molecule has 3 rings (SSSR count). The third-order valence-electron chi connectivity index (χ3n) is 2.97. The molecule has 3 nitrogen and oxygen atoms in total. The maximum absolute atomic E-state index is 13.0. The van der Waals surface area contributed by atoms with E-state index in [1.807, 2.05) is 24.3 Å². The highest BCUT2D eigenvalue weighted by Crippen LogP contribution is 2.39. The molecule has 0 aliphatic carbocycles. The number of benzene rings is 2. The monoisotopic (exact) mass is 332 g/mol. The molecule has 0 aliphatic rings. The molecule has 100 valence electrons. The number of rotatable bonds is 2. The number of halogens is 2. The molecular formula is C15H10BrFN2O. The van der Waals surface area contributed by atoms with Crippen molar-refractivity contribution in [2.24, 2.45) is 0 Å². The number of nitrogens with two attached hydrogens (primary N) is 1.